The van der Waals surface area contributed by atoms with Gasteiger partial charge in [0.2, 0.25) is 11.8 Å². The minimum absolute atomic E-state index is 0.0253. The van der Waals surface area contributed by atoms with Crippen molar-refractivity contribution in [1.29, 1.82) is 0 Å². The molecule has 0 radical (unpaired) electrons. The smallest absolute Gasteiger partial charge is 0.333 e. The highest BCUT2D eigenvalue weighted by atomic mass is 16.7. The van der Waals surface area contributed by atoms with E-state index in [2.05, 4.69) is 19.2 Å². The van der Waals surface area contributed by atoms with Crippen molar-refractivity contribution in [3.8, 4) is 5.88 Å². The summed E-state index contributed by atoms with van der Waals surface area (Å²) in [5.74, 6) is -0.841. The summed E-state index contributed by atoms with van der Waals surface area (Å²) in [4.78, 5) is 42.6. The molecule has 2 N–H and O–H groups in total. The van der Waals surface area contributed by atoms with Gasteiger partial charge in [0.05, 0.1) is 24.8 Å². The van der Waals surface area contributed by atoms with E-state index in [-0.39, 0.29) is 35.6 Å². The van der Waals surface area contributed by atoms with Gasteiger partial charge in [0.25, 0.3) is 5.56 Å². The summed E-state index contributed by atoms with van der Waals surface area (Å²) < 4.78 is 14.4. The van der Waals surface area contributed by atoms with Crippen molar-refractivity contribution < 1.29 is 19.4 Å². The van der Waals surface area contributed by atoms with Crippen LogP contribution < -0.4 is 16.6 Å². The molecule has 0 bridgehead atoms. The van der Waals surface area contributed by atoms with Crippen molar-refractivity contribution in [2.24, 2.45) is 30.9 Å². The molecule has 3 rings (SSSR count). The first kappa shape index (κ1) is 27.3. The zero-order valence-electron chi connectivity index (χ0n) is 21.7. The van der Waals surface area contributed by atoms with Crippen molar-refractivity contribution >= 4 is 11.6 Å². The fourth-order valence-corrected chi connectivity index (χ4v) is 4.52. The number of nitrogens with one attached hydrogen (secondary N) is 1. The first-order chi connectivity index (χ1) is 17.1. The Hall–Kier alpha value is -3.24. The Kier molecular flexibility index (Phi) is 8.86. The van der Waals surface area contributed by atoms with Crippen molar-refractivity contribution in [1.82, 2.24) is 14.5 Å². The fourth-order valence-electron chi connectivity index (χ4n) is 4.52. The van der Waals surface area contributed by atoms with Gasteiger partial charge >= 0.3 is 5.69 Å². The maximum atomic E-state index is 13.1. The number of hydrogen-bond acceptors (Lipinski definition) is 7. The molecule has 2 heterocycles. The van der Waals surface area contributed by atoms with E-state index < -0.39 is 35.4 Å². The second-order valence-electron chi connectivity index (χ2n) is 9.29. The Bertz CT molecular complexity index is 1220. The van der Waals surface area contributed by atoms with Crippen LogP contribution in [0.2, 0.25) is 0 Å². The first-order valence-electron chi connectivity index (χ1n) is 12.2. The van der Waals surface area contributed by atoms with E-state index in [4.69, 9.17) is 14.5 Å². The van der Waals surface area contributed by atoms with E-state index in [1.807, 2.05) is 37.3 Å². The van der Waals surface area contributed by atoms with Crippen LogP contribution in [0.25, 0.3) is 0 Å². The first-order valence-corrected chi connectivity index (χ1v) is 12.2. The highest BCUT2D eigenvalue weighted by molar-refractivity contribution is 6.11. The van der Waals surface area contributed by atoms with Crippen LogP contribution in [0.1, 0.15) is 44.7 Å². The summed E-state index contributed by atoms with van der Waals surface area (Å²) in [5.41, 5.74) is -0.568. The Balaban J connectivity index is 2.11. The molecular formula is C26H36N4O6. The number of carbonyl (C=O) groups excluding carboxylic acids is 1. The average molecular weight is 501 g/mol. The molecule has 1 aliphatic rings. The van der Waals surface area contributed by atoms with Gasteiger partial charge in [0, 0.05) is 21.1 Å². The van der Waals surface area contributed by atoms with Crippen molar-refractivity contribution in [2.45, 2.75) is 58.7 Å². The molecule has 10 nitrogen and oxygen atoms in total. The van der Waals surface area contributed by atoms with Crippen LogP contribution in [0, 0.1) is 11.8 Å². The van der Waals surface area contributed by atoms with E-state index in [9.17, 15) is 19.5 Å². The molecule has 36 heavy (non-hydrogen) atoms. The maximum absolute atomic E-state index is 13.1. The number of aromatic hydroxyl groups is 1. The normalized spacial score (nSPS) is 24.5. The average Bonchev–Trinajstić information content (AvgIpc) is 2.88. The van der Waals surface area contributed by atoms with Crippen LogP contribution in [-0.2, 0) is 35.0 Å². The third-order valence-electron chi connectivity index (χ3n) is 7.04. The lowest BCUT2D eigenvalue weighted by molar-refractivity contribution is -0.234. The Morgan fingerprint density at radius 2 is 1.81 bits per heavy atom. The van der Waals surface area contributed by atoms with Crippen molar-refractivity contribution in [3.05, 3.63) is 62.3 Å². The lowest BCUT2D eigenvalue weighted by Crippen LogP contribution is -2.50. The van der Waals surface area contributed by atoms with Gasteiger partial charge in [-0.15, -0.1) is 0 Å². The number of rotatable bonds is 8. The molecule has 1 saturated heterocycles. The third kappa shape index (κ3) is 5.60. The number of carbonyl (C=O) groups is 1. The molecule has 1 aromatic heterocycles. The summed E-state index contributed by atoms with van der Waals surface area (Å²) in [7, 11) is 4.14. The van der Waals surface area contributed by atoms with Crippen LogP contribution in [0.15, 0.2) is 44.9 Å². The minimum Gasteiger partial charge on any atom is -0.494 e. The topological polar surface area (TPSA) is 124 Å². The predicted octanol–water partition coefficient (Wildman–Crippen LogP) is 1.71. The SMILES string of the molecule is CCC1O[C@@H](OCc2ccccc2)C(N=C(CC(=O)NC)c2c(O)n(C)c(=O)n(C)c2=O)[C@@H](C)[C@H]1C. The molecule has 1 fully saturated rings. The lowest BCUT2D eigenvalue weighted by atomic mass is 9.81. The van der Waals surface area contributed by atoms with Gasteiger partial charge in [0.15, 0.2) is 6.29 Å². The summed E-state index contributed by atoms with van der Waals surface area (Å²) in [5, 5.41) is 13.3. The van der Waals surface area contributed by atoms with Crippen LogP contribution in [0.4, 0.5) is 0 Å². The van der Waals surface area contributed by atoms with Gasteiger partial charge in [-0.05, 0) is 23.8 Å². The van der Waals surface area contributed by atoms with Gasteiger partial charge in [-0.3, -0.25) is 23.7 Å². The molecule has 1 aliphatic heterocycles. The predicted molar refractivity (Wildman–Crippen MR) is 136 cm³/mol. The molecule has 0 saturated carbocycles. The molecule has 1 amide bonds. The summed E-state index contributed by atoms with van der Waals surface area (Å²) in [6.07, 6.45) is -0.258. The number of hydrogen-bond donors (Lipinski definition) is 2. The summed E-state index contributed by atoms with van der Waals surface area (Å²) >= 11 is 0. The number of nitrogens with zero attached hydrogens (tertiary/aromatic N) is 3. The zero-order valence-corrected chi connectivity index (χ0v) is 21.7. The Morgan fingerprint density at radius 3 is 2.42 bits per heavy atom. The fraction of sp³-hybridized carbons (Fsp3) is 0.538. The van der Waals surface area contributed by atoms with E-state index in [0.29, 0.717) is 6.61 Å². The quantitative estimate of drug-likeness (QED) is 0.532. The van der Waals surface area contributed by atoms with E-state index in [0.717, 1.165) is 21.1 Å². The maximum Gasteiger partial charge on any atom is 0.333 e. The van der Waals surface area contributed by atoms with Crippen molar-refractivity contribution in [2.75, 3.05) is 7.05 Å². The van der Waals surface area contributed by atoms with Crippen LogP contribution in [-0.4, -0.2) is 51.3 Å². The van der Waals surface area contributed by atoms with E-state index in [1.165, 1.54) is 21.1 Å². The van der Waals surface area contributed by atoms with Gasteiger partial charge in [-0.25, -0.2) is 4.79 Å². The largest absolute Gasteiger partial charge is 0.494 e. The molecule has 5 atom stereocenters. The number of amides is 1. The van der Waals surface area contributed by atoms with Crippen molar-refractivity contribution in [3.63, 3.8) is 0 Å². The third-order valence-corrected chi connectivity index (χ3v) is 7.04. The lowest BCUT2D eigenvalue weighted by Gasteiger charge is -2.43. The molecule has 1 aromatic carbocycles. The van der Waals surface area contributed by atoms with Crippen LogP contribution in [0.5, 0.6) is 5.88 Å². The summed E-state index contributed by atoms with van der Waals surface area (Å²) in [6, 6.07) is 9.12. The standard InChI is InChI=1S/C26H36N4O6/c1-7-19-15(2)16(3)22(25(36-19)35-14-17-11-9-8-10-12-17)28-18(13-20(31)27-4)21-23(32)29(5)26(34)30(6)24(21)33/h8-12,15-16,19,22,25,32H,7,13-14H2,1-6H3,(H,27,31)/t15-,16+,19?,22?,25-/m1/s1. The number of ether oxygens (including phenoxy) is 2. The number of aliphatic imine (C=N–C) groups is 1. The molecule has 10 heteroatoms. The molecule has 2 unspecified atom stereocenters. The second kappa shape index (κ2) is 11.7. The molecule has 0 aliphatic carbocycles. The van der Waals surface area contributed by atoms with Crippen LogP contribution in [0.3, 0.4) is 0 Å². The number of aromatic nitrogens is 2. The van der Waals surface area contributed by atoms with E-state index >= 15 is 0 Å². The second-order valence-corrected chi connectivity index (χ2v) is 9.29. The highest BCUT2D eigenvalue weighted by Gasteiger charge is 2.42. The van der Waals surface area contributed by atoms with Gasteiger partial charge in [0.1, 0.15) is 11.6 Å². The van der Waals surface area contributed by atoms with Gasteiger partial charge in [-0.2, -0.15) is 0 Å². The van der Waals surface area contributed by atoms with Gasteiger partial charge < -0.3 is 19.9 Å². The van der Waals surface area contributed by atoms with Crippen LogP contribution >= 0.6 is 0 Å². The molecule has 2 aromatic rings. The van der Waals surface area contributed by atoms with Gasteiger partial charge in [-0.1, -0.05) is 51.1 Å². The molecule has 0 spiro atoms. The zero-order chi connectivity index (χ0) is 26.6. The Morgan fingerprint density at radius 1 is 1.14 bits per heavy atom. The Labute approximate surface area is 210 Å². The monoisotopic (exact) mass is 500 g/mol. The summed E-state index contributed by atoms with van der Waals surface area (Å²) in [6.45, 7) is 6.47. The van der Waals surface area contributed by atoms with E-state index in [1.54, 1.807) is 0 Å². The molecule has 196 valence electrons. The number of benzene rings is 1. The highest BCUT2D eigenvalue weighted by Crippen LogP contribution is 2.35. The minimum atomic E-state index is -0.737. The molecular weight excluding hydrogens is 464 g/mol.